The van der Waals surface area contributed by atoms with Crippen LogP contribution in [-0.4, -0.2) is 25.6 Å². The molecule has 98 valence electrons. The molecule has 0 atom stereocenters. The monoisotopic (exact) mass is 261 g/mol. The lowest BCUT2D eigenvalue weighted by Gasteiger charge is -2.02. The van der Waals surface area contributed by atoms with E-state index in [4.69, 9.17) is 0 Å². The summed E-state index contributed by atoms with van der Waals surface area (Å²) in [7, 11) is 0. The second-order valence-corrected chi connectivity index (χ2v) is 3.73. The Morgan fingerprint density at radius 3 is 2.89 bits per heavy atom. The number of pyridine rings is 1. The first-order valence-electron chi connectivity index (χ1n) is 5.49. The second kappa shape index (κ2) is 5.71. The molecule has 1 amide bonds. The Kier molecular flexibility index (Phi) is 3.81. The van der Waals surface area contributed by atoms with E-state index in [1.165, 1.54) is 16.9 Å². The zero-order chi connectivity index (χ0) is 13.7. The zero-order valence-electron chi connectivity index (χ0n) is 9.89. The molecule has 19 heavy (non-hydrogen) atoms. The molecule has 0 aliphatic carbocycles. The molecule has 0 radical (unpaired) electrons. The molecule has 2 rings (SSSR count). The summed E-state index contributed by atoms with van der Waals surface area (Å²) >= 11 is 0. The Balaban J connectivity index is 1.85. The molecule has 0 aromatic carbocycles. The normalized spacial score (nSPS) is 10.1. The van der Waals surface area contributed by atoms with Gasteiger partial charge in [-0.3, -0.25) is 9.78 Å². The van der Waals surface area contributed by atoms with Crippen LogP contribution in [-0.2, 0) is 17.9 Å². The third-order valence-corrected chi connectivity index (χ3v) is 2.31. The first kappa shape index (κ1) is 12.7. The molecule has 1 N–H and O–H groups in total. The van der Waals surface area contributed by atoms with E-state index in [0.29, 0.717) is 6.54 Å². The van der Waals surface area contributed by atoms with Crippen LogP contribution in [0.1, 0.15) is 5.69 Å². The number of hydrogen-bond donors (Lipinski definition) is 1. The molecular weight excluding hydrogens is 250 g/mol. The number of carbonyl (C=O) groups is 1. The third kappa shape index (κ3) is 3.60. The minimum Gasteiger partial charge on any atom is -0.358 e. The van der Waals surface area contributed by atoms with Crippen molar-refractivity contribution in [3.8, 4) is 0 Å². The summed E-state index contributed by atoms with van der Waals surface area (Å²) in [6.07, 6.45) is 3.02. The quantitative estimate of drug-likeness (QED) is 0.623. The first-order valence-corrected chi connectivity index (χ1v) is 5.49. The molecule has 0 aliphatic rings. The van der Waals surface area contributed by atoms with Crippen LogP contribution >= 0.6 is 0 Å². The van der Waals surface area contributed by atoms with Crippen LogP contribution in [0.15, 0.2) is 36.7 Å². The minimum atomic E-state index is -0.609. The molecule has 8 nitrogen and oxygen atoms in total. The highest BCUT2D eigenvalue weighted by Crippen LogP contribution is 2.04. The molecule has 2 heterocycles. The van der Waals surface area contributed by atoms with Crippen molar-refractivity contribution in [1.29, 1.82) is 0 Å². The molecular formula is C11H11N5O3. The summed E-state index contributed by atoms with van der Waals surface area (Å²) in [6.45, 7) is 0.240. The highest BCUT2D eigenvalue weighted by molar-refractivity contribution is 5.75. The van der Waals surface area contributed by atoms with Gasteiger partial charge in [0.25, 0.3) is 0 Å². The largest absolute Gasteiger partial charge is 0.389 e. The lowest BCUT2D eigenvalue weighted by atomic mass is 10.3. The number of amides is 1. The number of rotatable bonds is 5. The van der Waals surface area contributed by atoms with E-state index in [0.717, 1.165) is 5.69 Å². The molecule has 0 unspecified atom stereocenters. The average Bonchev–Trinajstić information content (AvgIpc) is 2.86. The highest BCUT2D eigenvalue weighted by Gasteiger charge is 2.13. The second-order valence-electron chi connectivity index (χ2n) is 3.73. The van der Waals surface area contributed by atoms with Crippen LogP contribution < -0.4 is 5.32 Å². The van der Waals surface area contributed by atoms with Gasteiger partial charge in [0.15, 0.2) is 0 Å². The van der Waals surface area contributed by atoms with E-state index in [9.17, 15) is 14.9 Å². The zero-order valence-corrected chi connectivity index (χ0v) is 9.89. The summed E-state index contributed by atoms with van der Waals surface area (Å²) < 4.78 is 1.21. The van der Waals surface area contributed by atoms with E-state index < -0.39 is 4.92 Å². The van der Waals surface area contributed by atoms with Crippen LogP contribution in [0.2, 0.25) is 0 Å². The van der Waals surface area contributed by atoms with Gasteiger partial charge >= 0.3 is 5.82 Å². The van der Waals surface area contributed by atoms with Gasteiger partial charge in [-0.05, 0) is 17.1 Å². The van der Waals surface area contributed by atoms with Gasteiger partial charge in [0.1, 0.15) is 6.54 Å². The van der Waals surface area contributed by atoms with Crippen molar-refractivity contribution >= 4 is 11.7 Å². The van der Waals surface area contributed by atoms with Crippen molar-refractivity contribution < 1.29 is 9.72 Å². The van der Waals surface area contributed by atoms with Gasteiger partial charge in [-0.2, -0.15) is 4.68 Å². The maximum absolute atomic E-state index is 11.6. The predicted octanol–water partition coefficient (Wildman–Crippen LogP) is 0.503. The number of hydrogen-bond acceptors (Lipinski definition) is 5. The molecule has 2 aromatic rings. The van der Waals surface area contributed by atoms with Gasteiger partial charge in [-0.15, -0.1) is 0 Å². The number of nitro groups is 1. The van der Waals surface area contributed by atoms with Gasteiger partial charge in [-0.25, -0.2) is 0 Å². The summed E-state index contributed by atoms with van der Waals surface area (Å²) in [5, 5.41) is 16.7. The van der Waals surface area contributed by atoms with E-state index in [2.05, 4.69) is 15.4 Å². The van der Waals surface area contributed by atoms with Crippen molar-refractivity contribution in [1.82, 2.24) is 20.1 Å². The molecule has 0 saturated heterocycles. The van der Waals surface area contributed by atoms with Gasteiger partial charge in [-0.1, -0.05) is 6.07 Å². The highest BCUT2D eigenvalue weighted by atomic mass is 16.6. The maximum atomic E-state index is 11.6. The molecule has 2 aromatic heterocycles. The van der Waals surface area contributed by atoms with Crippen LogP contribution in [0.4, 0.5) is 5.82 Å². The van der Waals surface area contributed by atoms with Crippen molar-refractivity contribution in [2.24, 2.45) is 0 Å². The van der Waals surface area contributed by atoms with Crippen molar-refractivity contribution in [2.45, 2.75) is 13.1 Å². The Bertz CT molecular complexity index is 581. The molecule has 0 spiro atoms. The Morgan fingerprint density at radius 2 is 2.26 bits per heavy atom. The standard InChI is InChI=1S/C11H11N5O3/c17-11(13-7-9-3-1-2-5-12-9)8-15-6-4-10(14-15)16(18)19/h1-6H,7-8H2,(H,13,17). The Morgan fingerprint density at radius 1 is 1.42 bits per heavy atom. The lowest BCUT2D eigenvalue weighted by Crippen LogP contribution is -2.27. The fourth-order valence-corrected chi connectivity index (χ4v) is 1.43. The average molecular weight is 261 g/mol. The van der Waals surface area contributed by atoms with Crippen LogP contribution in [0.3, 0.4) is 0 Å². The summed E-state index contributed by atoms with van der Waals surface area (Å²) in [5.41, 5.74) is 0.738. The van der Waals surface area contributed by atoms with E-state index >= 15 is 0 Å². The fraction of sp³-hybridized carbons (Fsp3) is 0.182. The van der Waals surface area contributed by atoms with E-state index in [1.807, 2.05) is 6.07 Å². The summed E-state index contributed by atoms with van der Waals surface area (Å²) in [4.78, 5) is 25.5. The molecule has 0 saturated carbocycles. The van der Waals surface area contributed by atoms with Crippen molar-refractivity contribution in [2.75, 3.05) is 0 Å². The number of aromatic nitrogens is 3. The topological polar surface area (TPSA) is 103 Å². The molecule has 0 fully saturated rings. The Labute approximate surface area is 108 Å². The smallest absolute Gasteiger partial charge is 0.358 e. The number of carbonyl (C=O) groups excluding carboxylic acids is 1. The van der Waals surface area contributed by atoms with Crippen LogP contribution in [0, 0.1) is 10.1 Å². The van der Waals surface area contributed by atoms with Crippen molar-refractivity contribution in [3.63, 3.8) is 0 Å². The molecule has 8 heteroatoms. The Hall–Kier alpha value is -2.77. The summed E-state index contributed by atoms with van der Waals surface area (Å²) in [6, 6.07) is 6.64. The van der Waals surface area contributed by atoms with E-state index in [1.54, 1.807) is 18.3 Å². The minimum absolute atomic E-state index is 0.0688. The first-order chi connectivity index (χ1) is 9.15. The van der Waals surface area contributed by atoms with Gasteiger partial charge < -0.3 is 15.4 Å². The van der Waals surface area contributed by atoms with Gasteiger partial charge in [0.05, 0.1) is 29.6 Å². The SMILES string of the molecule is O=C(Cn1ccc([N+](=O)[O-])n1)NCc1ccccn1. The third-order valence-electron chi connectivity index (χ3n) is 2.31. The molecule has 0 aliphatic heterocycles. The summed E-state index contributed by atoms with van der Waals surface area (Å²) in [5.74, 6) is -0.568. The fourth-order valence-electron chi connectivity index (χ4n) is 1.43. The van der Waals surface area contributed by atoms with Gasteiger partial charge in [0.2, 0.25) is 5.91 Å². The molecule has 0 bridgehead atoms. The lowest BCUT2D eigenvalue weighted by molar-refractivity contribution is -0.389. The number of nitrogens with zero attached hydrogens (tertiary/aromatic N) is 4. The van der Waals surface area contributed by atoms with Crippen LogP contribution in [0.5, 0.6) is 0 Å². The van der Waals surface area contributed by atoms with E-state index in [-0.39, 0.29) is 18.3 Å². The van der Waals surface area contributed by atoms with Crippen molar-refractivity contribution in [3.05, 3.63) is 52.5 Å². The maximum Gasteiger partial charge on any atom is 0.389 e. The predicted molar refractivity (Wildman–Crippen MR) is 65.0 cm³/mol. The van der Waals surface area contributed by atoms with Gasteiger partial charge in [0, 0.05) is 6.20 Å². The number of nitrogens with one attached hydrogen (secondary N) is 1. The van der Waals surface area contributed by atoms with Crippen LogP contribution in [0.25, 0.3) is 0 Å².